The molecule has 2 heterocycles. The van der Waals surface area contributed by atoms with Gasteiger partial charge in [0.25, 0.3) is 0 Å². The third-order valence-electron chi connectivity index (χ3n) is 3.24. The van der Waals surface area contributed by atoms with Gasteiger partial charge in [-0.25, -0.2) is 9.67 Å². The van der Waals surface area contributed by atoms with Crippen molar-refractivity contribution in [2.24, 2.45) is 0 Å². The molecule has 2 aromatic heterocycles. The molecule has 0 radical (unpaired) electrons. The second-order valence-corrected chi connectivity index (χ2v) is 6.18. The van der Waals surface area contributed by atoms with E-state index < -0.39 is 5.92 Å². The fourth-order valence-corrected chi connectivity index (χ4v) is 3.18. The normalized spacial score (nSPS) is 11.9. The second-order valence-electron chi connectivity index (χ2n) is 4.88. The molecule has 0 N–H and O–H groups in total. The summed E-state index contributed by atoms with van der Waals surface area (Å²) in [5.74, 6) is -1.24. The van der Waals surface area contributed by atoms with Gasteiger partial charge < -0.3 is 0 Å². The van der Waals surface area contributed by atoms with Gasteiger partial charge in [-0.1, -0.05) is 23.7 Å². The van der Waals surface area contributed by atoms with Gasteiger partial charge in [-0.15, -0.1) is 11.3 Å². The minimum Gasteiger partial charge on any atom is -0.292 e. The first-order chi connectivity index (χ1) is 11.1. The summed E-state index contributed by atoms with van der Waals surface area (Å²) in [6.45, 7) is 1.83. The standard InChI is InChI=1S/C16H11ClN4OS/c1-10-9-23-16(20-10)12(6-18)15(22)11-7-19-21(8-11)14-5-3-2-4-13(14)17/h2-5,7-9,12H,1H3/t12-/m0/s1. The van der Waals surface area contributed by atoms with E-state index in [0.29, 0.717) is 21.3 Å². The van der Waals surface area contributed by atoms with Crippen molar-refractivity contribution in [2.75, 3.05) is 0 Å². The minimum atomic E-state index is -0.919. The zero-order chi connectivity index (χ0) is 16.4. The Labute approximate surface area is 141 Å². The van der Waals surface area contributed by atoms with Crippen molar-refractivity contribution in [1.82, 2.24) is 14.8 Å². The summed E-state index contributed by atoms with van der Waals surface area (Å²) >= 11 is 7.44. The van der Waals surface area contributed by atoms with Crippen molar-refractivity contribution in [3.8, 4) is 11.8 Å². The third-order valence-corrected chi connectivity index (χ3v) is 4.59. The van der Waals surface area contributed by atoms with Crippen LogP contribution in [-0.4, -0.2) is 20.5 Å². The summed E-state index contributed by atoms with van der Waals surface area (Å²) in [6, 6.07) is 9.22. The third kappa shape index (κ3) is 3.02. The number of carbonyl (C=O) groups is 1. The number of Topliss-reactive ketones (excluding diaryl/α,β-unsaturated/α-hetero) is 1. The Morgan fingerprint density at radius 2 is 2.22 bits per heavy atom. The van der Waals surface area contributed by atoms with Crippen molar-refractivity contribution in [3.05, 3.63) is 63.3 Å². The van der Waals surface area contributed by atoms with Crippen LogP contribution in [0, 0.1) is 18.3 Å². The van der Waals surface area contributed by atoms with Gasteiger partial charge in [-0.2, -0.15) is 10.4 Å². The fourth-order valence-electron chi connectivity index (χ4n) is 2.12. The molecule has 3 rings (SSSR count). The highest BCUT2D eigenvalue weighted by molar-refractivity contribution is 7.10. The number of ketones is 1. The molecular formula is C16H11ClN4OS. The molecular weight excluding hydrogens is 332 g/mol. The van der Waals surface area contributed by atoms with Gasteiger partial charge in [0.1, 0.15) is 5.01 Å². The van der Waals surface area contributed by atoms with E-state index in [1.807, 2.05) is 30.5 Å². The van der Waals surface area contributed by atoms with E-state index in [9.17, 15) is 10.1 Å². The van der Waals surface area contributed by atoms with Crippen LogP contribution in [0.3, 0.4) is 0 Å². The Kier molecular flexibility index (Phi) is 4.24. The zero-order valence-corrected chi connectivity index (χ0v) is 13.7. The number of hydrogen-bond acceptors (Lipinski definition) is 5. The SMILES string of the molecule is Cc1csc([C@@H](C#N)C(=O)c2cnn(-c3ccccc3Cl)c2)n1. The van der Waals surface area contributed by atoms with Crippen LogP contribution in [0.25, 0.3) is 5.69 Å². The van der Waals surface area contributed by atoms with Crippen molar-refractivity contribution in [2.45, 2.75) is 12.8 Å². The molecule has 7 heteroatoms. The highest BCUT2D eigenvalue weighted by atomic mass is 35.5. The maximum atomic E-state index is 12.6. The maximum absolute atomic E-state index is 12.6. The Bertz CT molecular complexity index is 909. The quantitative estimate of drug-likeness (QED) is 0.676. The first-order valence-electron chi connectivity index (χ1n) is 6.75. The number of rotatable bonds is 4. The van der Waals surface area contributed by atoms with Crippen LogP contribution in [0.1, 0.15) is 27.0 Å². The van der Waals surface area contributed by atoms with Crippen LogP contribution < -0.4 is 0 Å². The first-order valence-corrected chi connectivity index (χ1v) is 8.01. The largest absolute Gasteiger partial charge is 0.292 e. The van der Waals surface area contributed by atoms with Crippen LogP contribution in [0.5, 0.6) is 0 Å². The van der Waals surface area contributed by atoms with Crippen LogP contribution in [0.15, 0.2) is 42.0 Å². The van der Waals surface area contributed by atoms with Gasteiger partial charge in [-0.3, -0.25) is 4.79 Å². The molecule has 0 saturated heterocycles. The van der Waals surface area contributed by atoms with Gasteiger partial charge in [0, 0.05) is 17.3 Å². The highest BCUT2D eigenvalue weighted by Crippen LogP contribution is 2.25. The number of benzene rings is 1. The lowest BCUT2D eigenvalue weighted by molar-refractivity contribution is 0.0979. The molecule has 0 spiro atoms. The highest BCUT2D eigenvalue weighted by Gasteiger charge is 2.26. The molecule has 1 aromatic carbocycles. The molecule has 0 aliphatic rings. The molecule has 23 heavy (non-hydrogen) atoms. The van der Waals surface area contributed by atoms with Crippen molar-refractivity contribution in [3.63, 3.8) is 0 Å². The Morgan fingerprint density at radius 1 is 1.43 bits per heavy atom. The fraction of sp³-hybridized carbons (Fsp3) is 0.125. The van der Waals surface area contributed by atoms with E-state index >= 15 is 0 Å². The summed E-state index contributed by atoms with van der Waals surface area (Å²) in [4.78, 5) is 16.8. The van der Waals surface area contributed by atoms with Gasteiger partial charge >= 0.3 is 0 Å². The van der Waals surface area contributed by atoms with E-state index in [4.69, 9.17) is 11.6 Å². The smallest absolute Gasteiger partial charge is 0.190 e. The topological polar surface area (TPSA) is 71.6 Å². The summed E-state index contributed by atoms with van der Waals surface area (Å²) < 4.78 is 1.52. The van der Waals surface area contributed by atoms with E-state index in [2.05, 4.69) is 10.1 Å². The number of aromatic nitrogens is 3. The number of para-hydroxylation sites is 1. The molecule has 114 valence electrons. The number of carbonyl (C=O) groups excluding carboxylic acids is 1. The zero-order valence-electron chi connectivity index (χ0n) is 12.1. The number of aryl methyl sites for hydroxylation is 1. The number of nitriles is 1. The monoisotopic (exact) mass is 342 g/mol. The van der Waals surface area contributed by atoms with Gasteiger partial charge in [0.05, 0.1) is 28.5 Å². The summed E-state index contributed by atoms with van der Waals surface area (Å²) in [5.41, 5.74) is 1.82. The molecule has 5 nitrogen and oxygen atoms in total. The molecule has 0 aliphatic carbocycles. The van der Waals surface area contributed by atoms with Crippen LogP contribution in [0.2, 0.25) is 5.02 Å². The van der Waals surface area contributed by atoms with Crippen molar-refractivity contribution < 1.29 is 4.79 Å². The lowest BCUT2D eigenvalue weighted by Gasteiger charge is -2.04. The van der Waals surface area contributed by atoms with Crippen LogP contribution in [-0.2, 0) is 0 Å². The lowest BCUT2D eigenvalue weighted by Crippen LogP contribution is -2.10. The Morgan fingerprint density at radius 3 is 2.87 bits per heavy atom. The van der Waals surface area contributed by atoms with E-state index in [1.165, 1.54) is 22.2 Å². The Balaban J connectivity index is 1.92. The minimum absolute atomic E-state index is 0.319. The average molecular weight is 343 g/mol. The summed E-state index contributed by atoms with van der Waals surface area (Å²) in [7, 11) is 0. The predicted octanol–water partition coefficient (Wildman–Crippen LogP) is 3.78. The number of thiazole rings is 1. The van der Waals surface area contributed by atoms with Gasteiger partial charge in [-0.05, 0) is 19.1 Å². The molecule has 1 atom stereocenters. The van der Waals surface area contributed by atoms with E-state index in [1.54, 1.807) is 18.3 Å². The lowest BCUT2D eigenvalue weighted by atomic mass is 10.0. The van der Waals surface area contributed by atoms with Crippen LogP contribution in [0.4, 0.5) is 0 Å². The van der Waals surface area contributed by atoms with Crippen LogP contribution >= 0.6 is 22.9 Å². The molecule has 0 amide bonds. The summed E-state index contributed by atoms with van der Waals surface area (Å²) in [5, 5.41) is 16.4. The maximum Gasteiger partial charge on any atom is 0.190 e. The first kappa shape index (κ1) is 15.4. The number of nitrogens with zero attached hydrogens (tertiary/aromatic N) is 4. The molecule has 0 fully saturated rings. The van der Waals surface area contributed by atoms with Gasteiger partial charge in [0.15, 0.2) is 11.7 Å². The molecule has 0 unspecified atom stereocenters. The Hall–Kier alpha value is -2.49. The molecule has 3 aromatic rings. The number of halogens is 1. The van der Waals surface area contributed by atoms with Crippen molar-refractivity contribution in [1.29, 1.82) is 5.26 Å². The molecule has 0 saturated carbocycles. The number of hydrogen-bond donors (Lipinski definition) is 0. The van der Waals surface area contributed by atoms with Crippen molar-refractivity contribution >= 4 is 28.7 Å². The predicted molar refractivity (Wildman–Crippen MR) is 88.1 cm³/mol. The van der Waals surface area contributed by atoms with E-state index in [-0.39, 0.29) is 5.78 Å². The molecule has 0 aliphatic heterocycles. The van der Waals surface area contributed by atoms with Gasteiger partial charge in [0.2, 0.25) is 0 Å². The average Bonchev–Trinajstić information content (AvgIpc) is 3.18. The summed E-state index contributed by atoms with van der Waals surface area (Å²) in [6.07, 6.45) is 3.02. The van der Waals surface area contributed by atoms with E-state index in [0.717, 1.165) is 5.69 Å². The second kappa shape index (κ2) is 6.32. The molecule has 0 bridgehead atoms.